The summed E-state index contributed by atoms with van der Waals surface area (Å²) in [5, 5.41) is 0.775. The highest BCUT2D eigenvalue weighted by molar-refractivity contribution is 5.86. The minimum Gasteiger partial charge on any atom is -0.484 e. The SMILES string of the molecule is CCCN1CCCN(C(=O)COc2ccc3ccc(=O)oc3c2)CC1=O. The van der Waals surface area contributed by atoms with Gasteiger partial charge in [0.2, 0.25) is 5.91 Å². The van der Waals surface area contributed by atoms with E-state index in [9.17, 15) is 14.4 Å². The van der Waals surface area contributed by atoms with Gasteiger partial charge in [-0.25, -0.2) is 4.79 Å². The molecule has 1 fully saturated rings. The second-order valence-electron chi connectivity index (χ2n) is 6.29. The molecule has 0 unspecified atom stereocenters. The van der Waals surface area contributed by atoms with Crippen LogP contribution in [-0.4, -0.2) is 54.4 Å². The van der Waals surface area contributed by atoms with Crippen molar-refractivity contribution in [3.8, 4) is 5.75 Å². The summed E-state index contributed by atoms with van der Waals surface area (Å²) < 4.78 is 10.7. The van der Waals surface area contributed by atoms with Crippen LogP contribution >= 0.6 is 0 Å². The number of rotatable bonds is 5. The fourth-order valence-electron chi connectivity index (χ4n) is 3.01. The number of ether oxygens (including phenoxy) is 1. The van der Waals surface area contributed by atoms with Crippen LogP contribution in [0.3, 0.4) is 0 Å². The number of fused-ring (bicyclic) bond motifs is 1. The predicted octanol–water partition coefficient (Wildman–Crippen LogP) is 1.64. The van der Waals surface area contributed by atoms with Crippen LogP contribution in [0, 0.1) is 0 Å². The van der Waals surface area contributed by atoms with Gasteiger partial charge in [-0.1, -0.05) is 6.92 Å². The number of amides is 2. The lowest BCUT2D eigenvalue weighted by Gasteiger charge is -2.21. The first-order valence-corrected chi connectivity index (χ1v) is 8.79. The Labute approximate surface area is 151 Å². The topological polar surface area (TPSA) is 80.1 Å². The van der Waals surface area contributed by atoms with E-state index in [1.807, 2.05) is 6.92 Å². The quantitative estimate of drug-likeness (QED) is 0.759. The van der Waals surface area contributed by atoms with Crippen molar-refractivity contribution in [1.82, 2.24) is 9.80 Å². The molecule has 2 heterocycles. The van der Waals surface area contributed by atoms with Crippen molar-refractivity contribution < 1.29 is 18.7 Å². The fraction of sp³-hybridized carbons (Fsp3) is 0.421. The second kappa shape index (κ2) is 8.03. The maximum Gasteiger partial charge on any atom is 0.336 e. The smallest absolute Gasteiger partial charge is 0.336 e. The number of benzene rings is 1. The third kappa shape index (κ3) is 4.22. The Morgan fingerprint density at radius 3 is 2.81 bits per heavy atom. The average molecular weight is 358 g/mol. The molecule has 1 aliphatic heterocycles. The van der Waals surface area contributed by atoms with Gasteiger partial charge in [0, 0.05) is 37.2 Å². The summed E-state index contributed by atoms with van der Waals surface area (Å²) in [4.78, 5) is 39.3. The lowest BCUT2D eigenvalue weighted by Crippen LogP contribution is -2.41. The van der Waals surface area contributed by atoms with E-state index in [-0.39, 0.29) is 25.0 Å². The molecule has 0 N–H and O–H groups in total. The molecule has 7 heteroatoms. The van der Waals surface area contributed by atoms with E-state index in [2.05, 4.69) is 0 Å². The molecule has 0 spiro atoms. The molecule has 0 atom stereocenters. The van der Waals surface area contributed by atoms with Crippen LogP contribution < -0.4 is 10.4 Å². The molecule has 2 aromatic rings. The number of hydrogen-bond acceptors (Lipinski definition) is 5. The minimum absolute atomic E-state index is 0.0230. The minimum atomic E-state index is -0.439. The summed E-state index contributed by atoms with van der Waals surface area (Å²) in [5.74, 6) is 0.186. The standard InChI is InChI=1S/C19H22N2O5/c1-2-8-20-9-3-10-21(12-17(20)22)18(23)13-25-15-6-4-14-5-7-19(24)26-16(14)11-15/h4-7,11H,2-3,8-10,12-13H2,1H3. The van der Waals surface area contributed by atoms with Crippen LogP contribution in [0.5, 0.6) is 5.75 Å². The molecule has 0 saturated carbocycles. The summed E-state index contributed by atoms with van der Waals surface area (Å²) in [6.45, 7) is 3.90. The van der Waals surface area contributed by atoms with Crippen LogP contribution in [0.15, 0.2) is 39.5 Å². The lowest BCUT2D eigenvalue weighted by atomic mass is 10.2. The van der Waals surface area contributed by atoms with Gasteiger partial charge in [-0.2, -0.15) is 0 Å². The lowest BCUT2D eigenvalue weighted by molar-refractivity contribution is -0.139. The highest BCUT2D eigenvalue weighted by Crippen LogP contribution is 2.19. The first-order chi connectivity index (χ1) is 12.6. The molecule has 138 valence electrons. The van der Waals surface area contributed by atoms with Crippen LogP contribution in [0.2, 0.25) is 0 Å². The van der Waals surface area contributed by atoms with E-state index in [0.717, 1.165) is 24.8 Å². The molecule has 0 radical (unpaired) electrons. The molecule has 1 aromatic heterocycles. The Hall–Kier alpha value is -2.83. The van der Waals surface area contributed by atoms with Crippen molar-refractivity contribution in [2.75, 3.05) is 32.8 Å². The maximum atomic E-state index is 12.4. The highest BCUT2D eigenvalue weighted by atomic mass is 16.5. The summed E-state index contributed by atoms with van der Waals surface area (Å²) in [6.07, 6.45) is 1.67. The molecular weight excluding hydrogens is 336 g/mol. The molecule has 1 aromatic carbocycles. The van der Waals surface area contributed by atoms with Crippen LogP contribution in [0.1, 0.15) is 19.8 Å². The monoisotopic (exact) mass is 358 g/mol. The zero-order valence-corrected chi connectivity index (χ0v) is 14.8. The normalized spacial score (nSPS) is 15.2. The Bertz CT molecular complexity index is 860. The van der Waals surface area contributed by atoms with E-state index < -0.39 is 5.63 Å². The van der Waals surface area contributed by atoms with E-state index in [4.69, 9.17) is 9.15 Å². The largest absolute Gasteiger partial charge is 0.484 e. The molecular formula is C19H22N2O5. The zero-order chi connectivity index (χ0) is 18.5. The van der Waals surface area contributed by atoms with Gasteiger partial charge in [-0.15, -0.1) is 0 Å². The first-order valence-electron chi connectivity index (χ1n) is 8.79. The second-order valence-corrected chi connectivity index (χ2v) is 6.29. The molecule has 2 amide bonds. The van der Waals surface area contributed by atoms with Gasteiger partial charge < -0.3 is 19.0 Å². The number of nitrogens with zero attached hydrogens (tertiary/aromatic N) is 2. The Morgan fingerprint density at radius 2 is 2.00 bits per heavy atom. The van der Waals surface area contributed by atoms with Crippen molar-refractivity contribution in [1.29, 1.82) is 0 Å². The average Bonchev–Trinajstić information content (AvgIpc) is 2.81. The predicted molar refractivity (Wildman–Crippen MR) is 96.0 cm³/mol. The maximum absolute atomic E-state index is 12.4. The van der Waals surface area contributed by atoms with E-state index in [1.165, 1.54) is 6.07 Å². The van der Waals surface area contributed by atoms with Gasteiger partial charge in [-0.3, -0.25) is 9.59 Å². The van der Waals surface area contributed by atoms with Crippen molar-refractivity contribution in [2.24, 2.45) is 0 Å². The highest BCUT2D eigenvalue weighted by Gasteiger charge is 2.24. The Balaban J connectivity index is 1.61. The van der Waals surface area contributed by atoms with Crippen molar-refractivity contribution in [2.45, 2.75) is 19.8 Å². The molecule has 1 aliphatic rings. The Kier molecular flexibility index (Phi) is 5.55. The van der Waals surface area contributed by atoms with Gasteiger partial charge in [0.15, 0.2) is 6.61 Å². The number of carbonyl (C=O) groups is 2. The number of carbonyl (C=O) groups excluding carboxylic acids is 2. The van der Waals surface area contributed by atoms with Gasteiger partial charge >= 0.3 is 5.63 Å². The van der Waals surface area contributed by atoms with E-state index in [1.54, 1.807) is 34.1 Å². The van der Waals surface area contributed by atoms with E-state index in [0.29, 0.717) is 24.4 Å². The zero-order valence-electron chi connectivity index (χ0n) is 14.8. The summed E-state index contributed by atoms with van der Waals surface area (Å²) in [6, 6.07) is 8.08. The summed E-state index contributed by atoms with van der Waals surface area (Å²) >= 11 is 0. The summed E-state index contributed by atoms with van der Waals surface area (Å²) in [5.41, 5.74) is -0.0342. The number of hydrogen-bond donors (Lipinski definition) is 0. The molecule has 3 rings (SSSR count). The van der Waals surface area contributed by atoms with E-state index >= 15 is 0 Å². The van der Waals surface area contributed by atoms with Gasteiger partial charge in [0.05, 0.1) is 6.54 Å². The summed E-state index contributed by atoms with van der Waals surface area (Å²) in [7, 11) is 0. The van der Waals surface area contributed by atoms with Crippen LogP contribution in [0.25, 0.3) is 11.0 Å². The van der Waals surface area contributed by atoms with Gasteiger partial charge in [0.1, 0.15) is 11.3 Å². The first kappa shape index (κ1) is 18.0. The molecule has 0 aliphatic carbocycles. The van der Waals surface area contributed by atoms with Crippen LogP contribution in [-0.2, 0) is 9.59 Å². The van der Waals surface area contributed by atoms with Gasteiger partial charge in [0.25, 0.3) is 5.91 Å². The van der Waals surface area contributed by atoms with Crippen molar-refractivity contribution in [3.05, 3.63) is 40.8 Å². The van der Waals surface area contributed by atoms with Crippen molar-refractivity contribution >= 4 is 22.8 Å². The molecule has 7 nitrogen and oxygen atoms in total. The van der Waals surface area contributed by atoms with Gasteiger partial charge in [-0.05, 0) is 31.0 Å². The van der Waals surface area contributed by atoms with Crippen LogP contribution in [0.4, 0.5) is 0 Å². The molecule has 0 bridgehead atoms. The molecule has 26 heavy (non-hydrogen) atoms. The Morgan fingerprint density at radius 1 is 1.19 bits per heavy atom. The molecule has 1 saturated heterocycles. The third-order valence-electron chi connectivity index (χ3n) is 4.34. The third-order valence-corrected chi connectivity index (χ3v) is 4.34. The van der Waals surface area contributed by atoms with Crippen molar-refractivity contribution in [3.63, 3.8) is 0 Å². The fourth-order valence-corrected chi connectivity index (χ4v) is 3.01.